The first-order valence-corrected chi connectivity index (χ1v) is 8.93. The molecule has 1 aromatic heterocycles. The molecule has 2 nitrogen and oxygen atoms in total. The van der Waals surface area contributed by atoms with Crippen molar-refractivity contribution in [1.29, 1.82) is 0 Å². The molecule has 1 fully saturated rings. The van der Waals surface area contributed by atoms with Crippen LogP contribution in [0.5, 0.6) is 11.5 Å². The molecule has 1 saturated carbocycles. The van der Waals surface area contributed by atoms with Crippen molar-refractivity contribution >= 4 is 22.5 Å². The summed E-state index contributed by atoms with van der Waals surface area (Å²) in [4.78, 5) is 3.22. The fourth-order valence-corrected chi connectivity index (χ4v) is 3.56. The third-order valence-electron chi connectivity index (χ3n) is 4.96. The predicted molar refractivity (Wildman–Crippen MR) is 95.9 cm³/mol. The van der Waals surface area contributed by atoms with Crippen LogP contribution < -0.4 is 4.74 Å². The summed E-state index contributed by atoms with van der Waals surface area (Å²) in [6, 6.07) is 8.88. The smallest absolute Gasteiger partial charge is 0.420 e. The second kappa shape index (κ2) is 6.54. The molecule has 0 bridgehead atoms. The zero-order valence-electron chi connectivity index (χ0n) is 13.9. The van der Waals surface area contributed by atoms with Gasteiger partial charge in [0.2, 0.25) is 0 Å². The van der Waals surface area contributed by atoms with Crippen LogP contribution in [-0.4, -0.2) is 4.98 Å². The Balaban J connectivity index is 1.69. The lowest BCUT2D eigenvalue weighted by Gasteiger charge is -2.24. The number of nitrogens with one attached hydrogen (secondary N) is 1. The van der Waals surface area contributed by atoms with Crippen LogP contribution in [0.15, 0.2) is 42.6 Å². The van der Waals surface area contributed by atoms with Crippen molar-refractivity contribution in [3.05, 3.63) is 58.7 Å². The van der Waals surface area contributed by atoms with E-state index in [1.165, 1.54) is 37.0 Å². The van der Waals surface area contributed by atoms with Crippen molar-refractivity contribution in [3.8, 4) is 11.5 Å². The zero-order chi connectivity index (χ0) is 18.3. The Kier molecular flexibility index (Phi) is 4.35. The Morgan fingerprint density at radius 3 is 2.65 bits per heavy atom. The number of fused-ring (bicyclic) bond motifs is 1. The fraction of sp³-hybridized carbons (Fsp3) is 0.300. The van der Waals surface area contributed by atoms with Gasteiger partial charge in [-0.25, -0.2) is 0 Å². The first kappa shape index (κ1) is 17.3. The van der Waals surface area contributed by atoms with E-state index in [1.54, 1.807) is 12.1 Å². The van der Waals surface area contributed by atoms with Crippen molar-refractivity contribution in [2.75, 3.05) is 0 Å². The minimum absolute atomic E-state index is 0.0660. The van der Waals surface area contributed by atoms with E-state index in [0.29, 0.717) is 11.7 Å². The lowest BCUT2D eigenvalue weighted by atomic mass is 9.81. The van der Waals surface area contributed by atoms with Gasteiger partial charge >= 0.3 is 6.18 Å². The Hall–Kier alpha value is -2.14. The maximum absolute atomic E-state index is 13.2. The third-order valence-corrected chi connectivity index (χ3v) is 5.26. The molecule has 1 aliphatic rings. The van der Waals surface area contributed by atoms with Gasteiger partial charge in [-0.15, -0.1) is 0 Å². The van der Waals surface area contributed by atoms with Crippen molar-refractivity contribution < 1.29 is 17.9 Å². The van der Waals surface area contributed by atoms with Gasteiger partial charge in [-0.3, -0.25) is 0 Å². The van der Waals surface area contributed by atoms with Gasteiger partial charge in [0, 0.05) is 17.1 Å². The van der Waals surface area contributed by atoms with Crippen LogP contribution in [0.1, 0.15) is 30.4 Å². The molecule has 1 aliphatic carbocycles. The number of rotatable bonds is 4. The Morgan fingerprint density at radius 1 is 1.15 bits per heavy atom. The number of aromatic nitrogens is 1. The summed E-state index contributed by atoms with van der Waals surface area (Å²) in [6.07, 6.45) is 2.16. The molecule has 3 aromatic rings. The van der Waals surface area contributed by atoms with Crippen LogP contribution in [0.3, 0.4) is 0 Å². The highest BCUT2D eigenvalue weighted by molar-refractivity contribution is 6.32. The fourth-order valence-electron chi connectivity index (χ4n) is 3.35. The first-order valence-electron chi connectivity index (χ1n) is 8.55. The average Bonchev–Trinajstić information content (AvgIpc) is 2.94. The van der Waals surface area contributed by atoms with E-state index in [1.807, 2.05) is 12.3 Å². The molecule has 1 heterocycles. The van der Waals surface area contributed by atoms with E-state index in [0.717, 1.165) is 23.4 Å². The van der Waals surface area contributed by atoms with Gasteiger partial charge in [-0.2, -0.15) is 13.2 Å². The van der Waals surface area contributed by atoms with Gasteiger partial charge in [-0.1, -0.05) is 36.9 Å². The standard InChI is InChI=1S/C20H17ClF3NO/c21-17-6-2-5-16(20(22,23)24)19(17)26-14-7-8-18-15(10-14)13(11-25-18)9-12-3-1-4-12/h2,5-8,10-12,25H,1,3-4,9H2. The van der Waals surface area contributed by atoms with Crippen LogP contribution in [0.25, 0.3) is 10.9 Å². The number of benzene rings is 2. The first-order chi connectivity index (χ1) is 12.4. The Morgan fingerprint density at radius 2 is 1.96 bits per heavy atom. The highest BCUT2D eigenvalue weighted by atomic mass is 35.5. The topological polar surface area (TPSA) is 25.0 Å². The third kappa shape index (κ3) is 3.28. The maximum Gasteiger partial charge on any atom is 0.420 e. The number of halogens is 4. The van der Waals surface area contributed by atoms with Crippen molar-refractivity contribution in [2.45, 2.75) is 31.9 Å². The molecule has 26 heavy (non-hydrogen) atoms. The molecule has 6 heteroatoms. The Labute approximate surface area is 153 Å². The van der Waals surface area contributed by atoms with E-state index in [9.17, 15) is 13.2 Å². The van der Waals surface area contributed by atoms with E-state index in [-0.39, 0.29) is 10.8 Å². The summed E-state index contributed by atoms with van der Waals surface area (Å²) in [6.45, 7) is 0. The quantitative estimate of drug-likeness (QED) is 0.520. The van der Waals surface area contributed by atoms with Gasteiger partial charge in [0.05, 0.1) is 10.6 Å². The minimum atomic E-state index is -4.53. The number of alkyl halides is 3. The molecule has 4 rings (SSSR count). The van der Waals surface area contributed by atoms with E-state index in [4.69, 9.17) is 16.3 Å². The van der Waals surface area contributed by atoms with E-state index in [2.05, 4.69) is 4.98 Å². The SMILES string of the molecule is FC(F)(F)c1cccc(Cl)c1Oc1ccc2[nH]cc(CC3CCC3)c2c1. The minimum Gasteiger partial charge on any atom is -0.455 e. The maximum atomic E-state index is 13.2. The van der Waals surface area contributed by atoms with Crippen LogP contribution in [-0.2, 0) is 12.6 Å². The van der Waals surface area contributed by atoms with E-state index >= 15 is 0 Å². The number of hydrogen-bond donors (Lipinski definition) is 1. The van der Waals surface area contributed by atoms with Crippen LogP contribution in [0.4, 0.5) is 13.2 Å². The summed E-state index contributed by atoms with van der Waals surface area (Å²) < 4.78 is 45.3. The molecule has 1 N–H and O–H groups in total. The summed E-state index contributed by atoms with van der Waals surface area (Å²) in [5, 5.41) is 0.915. The normalized spacial score (nSPS) is 15.2. The van der Waals surface area contributed by atoms with E-state index < -0.39 is 11.7 Å². The van der Waals surface area contributed by atoms with Gasteiger partial charge in [-0.05, 0) is 48.2 Å². The molecule has 136 valence electrons. The molecule has 0 amide bonds. The second-order valence-corrected chi connectivity index (χ2v) is 7.15. The Bertz CT molecular complexity index is 944. The second-order valence-electron chi connectivity index (χ2n) is 6.74. The highest BCUT2D eigenvalue weighted by Gasteiger charge is 2.35. The molecule has 0 aliphatic heterocycles. The number of H-pyrrole nitrogens is 1. The molecular weight excluding hydrogens is 363 g/mol. The number of aromatic amines is 1. The molecule has 0 saturated heterocycles. The summed E-state index contributed by atoms with van der Waals surface area (Å²) in [5.74, 6) is 0.668. The number of para-hydroxylation sites is 1. The van der Waals surface area contributed by atoms with Gasteiger partial charge in [0.15, 0.2) is 5.75 Å². The van der Waals surface area contributed by atoms with Gasteiger partial charge < -0.3 is 9.72 Å². The van der Waals surface area contributed by atoms with Crippen molar-refractivity contribution in [2.24, 2.45) is 5.92 Å². The number of hydrogen-bond acceptors (Lipinski definition) is 1. The summed E-state index contributed by atoms with van der Waals surface area (Å²) in [7, 11) is 0. The van der Waals surface area contributed by atoms with Crippen molar-refractivity contribution in [3.63, 3.8) is 0 Å². The molecule has 0 unspecified atom stereocenters. The monoisotopic (exact) mass is 379 g/mol. The zero-order valence-corrected chi connectivity index (χ0v) is 14.6. The summed E-state index contributed by atoms with van der Waals surface area (Å²) >= 11 is 5.98. The molecule has 0 spiro atoms. The van der Waals surface area contributed by atoms with Gasteiger partial charge in [0.25, 0.3) is 0 Å². The predicted octanol–water partition coefficient (Wildman–Crippen LogP) is 6.98. The van der Waals surface area contributed by atoms with Gasteiger partial charge in [0.1, 0.15) is 5.75 Å². The molecular formula is C20H17ClF3NO. The highest BCUT2D eigenvalue weighted by Crippen LogP contribution is 2.42. The average molecular weight is 380 g/mol. The molecule has 0 atom stereocenters. The van der Waals surface area contributed by atoms with Crippen LogP contribution in [0, 0.1) is 5.92 Å². The van der Waals surface area contributed by atoms with Crippen LogP contribution >= 0.6 is 11.6 Å². The van der Waals surface area contributed by atoms with Crippen LogP contribution in [0.2, 0.25) is 5.02 Å². The molecule has 0 radical (unpaired) electrons. The lowest BCUT2D eigenvalue weighted by molar-refractivity contribution is -0.138. The largest absolute Gasteiger partial charge is 0.455 e. The lowest BCUT2D eigenvalue weighted by Crippen LogP contribution is -2.13. The van der Waals surface area contributed by atoms with Crippen molar-refractivity contribution in [1.82, 2.24) is 4.98 Å². The molecule has 2 aromatic carbocycles. The number of ether oxygens (including phenoxy) is 1. The summed E-state index contributed by atoms with van der Waals surface area (Å²) in [5.41, 5.74) is 1.24.